The second-order valence-corrected chi connectivity index (χ2v) is 7.66. The lowest BCUT2D eigenvalue weighted by Gasteiger charge is -2.20. The van der Waals surface area contributed by atoms with E-state index in [4.69, 9.17) is 14.5 Å². The fourth-order valence-corrected chi connectivity index (χ4v) is 3.53. The van der Waals surface area contributed by atoms with Gasteiger partial charge in [0.2, 0.25) is 0 Å². The van der Waals surface area contributed by atoms with Gasteiger partial charge in [-0.1, -0.05) is 0 Å². The van der Waals surface area contributed by atoms with Gasteiger partial charge in [0.05, 0.1) is 30.7 Å². The third-order valence-electron chi connectivity index (χ3n) is 4.60. The summed E-state index contributed by atoms with van der Waals surface area (Å²) < 4.78 is 21.4. The molecule has 14 heteroatoms. The van der Waals surface area contributed by atoms with E-state index in [2.05, 4.69) is 4.52 Å². The zero-order chi connectivity index (χ0) is 21.5. The number of hydrogen-bond donors (Lipinski definition) is 7. The summed E-state index contributed by atoms with van der Waals surface area (Å²) in [7, 11) is -4.87. The zero-order valence-electron chi connectivity index (χ0n) is 14.7. The van der Waals surface area contributed by atoms with Crippen LogP contribution in [0.4, 0.5) is 0 Å². The van der Waals surface area contributed by atoms with Crippen LogP contribution >= 0.6 is 7.82 Å². The Labute approximate surface area is 161 Å². The third-order valence-corrected chi connectivity index (χ3v) is 5.09. The van der Waals surface area contributed by atoms with Gasteiger partial charge in [0, 0.05) is 0 Å². The number of aliphatic hydroxyl groups excluding tert-OH is 4. The van der Waals surface area contributed by atoms with Crippen molar-refractivity contribution in [3.8, 4) is 0 Å². The highest BCUT2D eigenvalue weighted by atomic mass is 31.2. The van der Waals surface area contributed by atoms with Crippen molar-refractivity contribution in [2.45, 2.75) is 37.8 Å². The largest absolute Gasteiger partial charge is 0.469 e. The first-order chi connectivity index (χ1) is 13.6. The molecule has 1 aromatic heterocycles. The second kappa shape index (κ2) is 8.07. The van der Waals surface area contributed by atoms with Crippen molar-refractivity contribution in [2.75, 3.05) is 6.61 Å². The Kier molecular flexibility index (Phi) is 6.06. The molecule has 0 saturated carbocycles. The molecule has 2 heterocycles. The molecule has 4 atom stereocenters. The van der Waals surface area contributed by atoms with Crippen LogP contribution in [0.5, 0.6) is 0 Å². The Balaban J connectivity index is 2.10. The molecule has 1 aromatic carbocycles. The van der Waals surface area contributed by atoms with Gasteiger partial charge in [0.1, 0.15) is 18.3 Å². The summed E-state index contributed by atoms with van der Waals surface area (Å²) >= 11 is 0. The highest BCUT2D eigenvalue weighted by molar-refractivity contribution is 7.46. The molecule has 13 nitrogen and oxygen atoms in total. The number of phosphoric ester groups is 1. The molecule has 1 saturated heterocycles. The molecule has 0 unspecified atom stereocenters. The van der Waals surface area contributed by atoms with E-state index in [9.17, 15) is 34.6 Å². The van der Waals surface area contributed by atoms with E-state index in [1.165, 1.54) is 12.1 Å². The lowest BCUT2D eigenvalue weighted by molar-refractivity contribution is -0.0520. The van der Waals surface area contributed by atoms with Crippen molar-refractivity contribution in [3.63, 3.8) is 0 Å². The van der Waals surface area contributed by atoms with Crippen LogP contribution in [0.15, 0.2) is 21.7 Å². The summed E-state index contributed by atoms with van der Waals surface area (Å²) in [5.41, 5.74) is -1.36. The normalized spacial score (nSPS) is 25.0. The van der Waals surface area contributed by atoms with Gasteiger partial charge < -0.3 is 34.9 Å². The first kappa shape index (κ1) is 21.8. The highest BCUT2D eigenvalue weighted by Crippen LogP contribution is 2.38. The van der Waals surface area contributed by atoms with Crippen molar-refractivity contribution in [2.24, 2.45) is 0 Å². The van der Waals surface area contributed by atoms with E-state index in [0.717, 1.165) is 4.57 Å². The molecular weight excluding hydrogens is 415 g/mol. The quantitative estimate of drug-likeness (QED) is 0.234. The molecule has 0 spiro atoms. The van der Waals surface area contributed by atoms with Crippen LogP contribution in [0.25, 0.3) is 10.9 Å². The number of rotatable bonds is 6. The van der Waals surface area contributed by atoms with Gasteiger partial charge >= 0.3 is 13.5 Å². The van der Waals surface area contributed by atoms with Gasteiger partial charge in [0.15, 0.2) is 6.23 Å². The van der Waals surface area contributed by atoms with E-state index in [-0.39, 0.29) is 22.0 Å². The molecule has 1 aliphatic heterocycles. The maximum Gasteiger partial charge on any atom is 0.469 e. The number of aliphatic hydroxyl groups is 4. The van der Waals surface area contributed by atoms with Crippen molar-refractivity contribution >= 4 is 18.7 Å². The number of ether oxygens (including phenoxy) is 1. The molecule has 2 aromatic rings. The topological polar surface area (TPSA) is 212 Å². The summed E-state index contributed by atoms with van der Waals surface area (Å²) in [4.78, 5) is 44.2. The van der Waals surface area contributed by atoms with Gasteiger partial charge in [-0.15, -0.1) is 0 Å². The predicted molar refractivity (Wildman–Crippen MR) is 94.6 cm³/mol. The first-order valence-corrected chi connectivity index (χ1v) is 9.84. The summed E-state index contributed by atoms with van der Waals surface area (Å²) in [6.45, 7) is -1.76. The summed E-state index contributed by atoms with van der Waals surface area (Å²) in [5, 5.41) is 39.3. The molecule has 1 fully saturated rings. The van der Waals surface area contributed by atoms with E-state index >= 15 is 0 Å². The van der Waals surface area contributed by atoms with Crippen LogP contribution in [-0.2, 0) is 27.0 Å². The average Bonchev–Trinajstić information content (AvgIpc) is 2.93. The minimum Gasteiger partial charge on any atom is -0.392 e. The Morgan fingerprint density at radius 1 is 1.10 bits per heavy atom. The van der Waals surface area contributed by atoms with Gasteiger partial charge in [0.25, 0.3) is 5.56 Å². The molecule has 29 heavy (non-hydrogen) atoms. The van der Waals surface area contributed by atoms with Crippen molar-refractivity contribution in [3.05, 3.63) is 44.1 Å². The van der Waals surface area contributed by atoms with Crippen LogP contribution in [-0.4, -0.2) is 64.7 Å². The summed E-state index contributed by atoms with van der Waals surface area (Å²) in [6, 6.07) is 2.53. The fraction of sp³-hybridized carbons (Fsp3) is 0.467. The number of phosphoric acid groups is 1. The molecule has 160 valence electrons. The standard InChI is InChI=1S/C15H19N2O11P/c18-3-6-1-8-9(2-7(6)4-19)17(15(23)16-13(8)22)14-12(21)11(20)10(28-14)5-27-29(24,25)26/h1-2,10-12,14,18-21H,3-5H2,(H,16,22,23)(H2,24,25,26)/t10-,11-,12-,14-/m1/s1. The van der Waals surface area contributed by atoms with Crippen molar-refractivity contribution in [1.29, 1.82) is 0 Å². The van der Waals surface area contributed by atoms with Gasteiger partial charge in [-0.05, 0) is 23.3 Å². The number of nitrogens with zero attached hydrogens (tertiary/aromatic N) is 1. The number of nitrogens with one attached hydrogen (secondary N) is 1. The number of H-pyrrole nitrogens is 1. The highest BCUT2D eigenvalue weighted by Gasteiger charge is 2.45. The van der Waals surface area contributed by atoms with Crippen molar-refractivity contribution < 1.29 is 44.0 Å². The van der Waals surface area contributed by atoms with E-state index < -0.39 is 63.4 Å². The van der Waals surface area contributed by atoms with Crippen LogP contribution in [0, 0.1) is 0 Å². The van der Waals surface area contributed by atoms with Gasteiger partial charge in [-0.3, -0.25) is 18.9 Å². The van der Waals surface area contributed by atoms with Crippen LogP contribution in [0.3, 0.4) is 0 Å². The van der Waals surface area contributed by atoms with Crippen LogP contribution in [0.1, 0.15) is 17.4 Å². The number of benzene rings is 1. The maximum atomic E-state index is 12.4. The van der Waals surface area contributed by atoms with Gasteiger partial charge in [-0.25, -0.2) is 9.36 Å². The van der Waals surface area contributed by atoms with E-state index in [1.807, 2.05) is 4.98 Å². The first-order valence-electron chi connectivity index (χ1n) is 8.31. The molecular formula is C15H19N2O11P. The molecule has 1 aliphatic rings. The smallest absolute Gasteiger partial charge is 0.392 e. The molecule has 0 amide bonds. The lowest BCUT2D eigenvalue weighted by Crippen LogP contribution is -2.38. The minimum atomic E-state index is -4.87. The zero-order valence-corrected chi connectivity index (χ0v) is 15.6. The SMILES string of the molecule is O=c1[nH]c(=O)n([C@@H]2O[C@H](COP(=O)(O)O)[C@@H](O)[C@H]2O)c2cc(CO)c(CO)cc12. The second-order valence-electron chi connectivity index (χ2n) is 6.42. The molecule has 0 radical (unpaired) electrons. The predicted octanol–water partition coefficient (Wildman–Crippen LogP) is -2.60. The van der Waals surface area contributed by atoms with Gasteiger partial charge in [-0.2, -0.15) is 0 Å². The molecule has 3 rings (SSSR count). The third kappa shape index (κ3) is 4.19. The monoisotopic (exact) mass is 434 g/mol. The summed E-state index contributed by atoms with van der Waals surface area (Å²) in [6.07, 6.45) is -6.28. The fourth-order valence-electron chi connectivity index (χ4n) is 3.19. The number of fused-ring (bicyclic) bond motifs is 1. The lowest BCUT2D eigenvalue weighted by atomic mass is 10.0. The van der Waals surface area contributed by atoms with E-state index in [0.29, 0.717) is 0 Å². The maximum absolute atomic E-state index is 12.4. The Hall–Kier alpha value is -1.93. The molecule has 0 bridgehead atoms. The number of hydrogen-bond acceptors (Lipinski definition) is 9. The molecule has 0 aliphatic carbocycles. The average molecular weight is 434 g/mol. The Morgan fingerprint density at radius 3 is 2.31 bits per heavy atom. The molecule has 7 N–H and O–H groups in total. The van der Waals surface area contributed by atoms with Crippen LogP contribution in [0.2, 0.25) is 0 Å². The summed E-state index contributed by atoms with van der Waals surface area (Å²) in [5.74, 6) is 0. The minimum absolute atomic E-state index is 0.0483. The van der Waals surface area contributed by atoms with E-state index in [1.54, 1.807) is 0 Å². The number of aromatic nitrogens is 2. The van der Waals surface area contributed by atoms with Crippen LogP contribution < -0.4 is 11.2 Å². The van der Waals surface area contributed by atoms with Crippen molar-refractivity contribution in [1.82, 2.24) is 9.55 Å². The number of aromatic amines is 1. The Morgan fingerprint density at radius 2 is 1.72 bits per heavy atom. The Bertz CT molecular complexity index is 1070.